The van der Waals surface area contributed by atoms with Crippen LogP contribution in [-0.4, -0.2) is 132 Å². The molecule has 0 rings (SSSR count). The third-order valence-electron chi connectivity index (χ3n) is 15.4. The highest BCUT2D eigenvalue weighted by Gasteiger charge is 2.34. The highest BCUT2D eigenvalue weighted by molar-refractivity contribution is 5.71. The first-order valence-electron chi connectivity index (χ1n) is 31.7. The number of nitrogens with zero attached hydrogens (tertiary/aromatic N) is 3. The summed E-state index contributed by atoms with van der Waals surface area (Å²) in [5, 5.41) is 0. The van der Waals surface area contributed by atoms with E-state index in [1.54, 1.807) is 0 Å². The van der Waals surface area contributed by atoms with Crippen LogP contribution < -0.4 is 12.4 Å². The van der Waals surface area contributed by atoms with Crippen LogP contribution in [0.1, 0.15) is 290 Å². The van der Waals surface area contributed by atoms with Crippen molar-refractivity contribution in [3.63, 3.8) is 0 Å². The Labute approximate surface area is 461 Å². The summed E-state index contributed by atoms with van der Waals surface area (Å²) in [5.74, 6) is -0.466. The van der Waals surface area contributed by atoms with Crippen molar-refractivity contribution in [3.05, 3.63) is 0 Å². The van der Waals surface area contributed by atoms with Gasteiger partial charge in [0.2, 0.25) is 0 Å². The molecule has 0 bridgehead atoms. The third kappa shape index (κ3) is 53.8. The van der Waals surface area contributed by atoms with Gasteiger partial charge < -0.3 is 40.1 Å². The summed E-state index contributed by atoms with van der Waals surface area (Å²) in [7, 11) is 10.5. The minimum atomic E-state index is -0.164. The highest BCUT2D eigenvalue weighted by Crippen LogP contribution is 2.17. The van der Waals surface area contributed by atoms with E-state index in [0.717, 1.165) is 38.5 Å². The molecule has 0 radical (unpaired) electrons. The van der Waals surface area contributed by atoms with Crippen LogP contribution in [0.5, 0.6) is 0 Å². The van der Waals surface area contributed by atoms with Gasteiger partial charge >= 0.3 is 17.9 Å². The summed E-state index contributed by atoms with van der Waals surface area (Å²) >= 11 is 0. The molecule has 0 aromatic rings. The van der Waals surface area contributed by atoms with Crippen LogP contribution in [-0.2, 0) is 28.6 Å². The maximum absolute atomic E-state index is 13.4. The van der Waals surface area contributed by atoms with Crippen LogP contribution in [0.3, 0.4) is 0 Å². The van der Waals surface area contributed by atoms with E-state index in [1.165, 1.54) is 231 Å². The van der Waals surface area contributed by atoms with Crippen molar-refractivity contribution in [2.75, 3.05) is 101 Å². The predicted molar refractivity (Wildman–Crippen MR) is 308 cm³/mol. The molecule has 0 saturated heterocycles. The van der Waals surface area contributed by atoms with Gasteiger partial charge in [-0.05, 0) is 19.3 Å². The lowest BCUT2D eigenvalue weighted by Gasteiger charge is -2.39. The first kappa shape index (κ1) is 73.7. The molecule has 436 valence electrons. The largest absolute Gasteiger partial charge is 1.00 e. The van der Waals surface area contributed by atoms with Crippen LogP contribution in [0.4, 0.5) is 0 Å². The number of carbonyl (C=O) groups excluding carboxylic acids is 3. The Morgan fingerprint density at radius 1 is 0.260 bits per heavy atom. The van der Waals surface area contributed by atoms with Gasteiger partial charge in [0.05, 0.1) is 55.1 Å². The maximum atomic E-state index is 13.4. The third-order valence-corrected chi connectivity index (χ3v) is 15.4. The number of likely N-dealkylation sites (N-methyl/N-ethyl adjacent to an activating group) is 3. The van der Waals surface area contributed by atoms with E-state index < -0.39 is 0 Å². The first-order valence-corrected chi connectivity index (χ1v) is 31.7. The second kappa shape index (κ2) is 52.6. The van der Waals surface area contributed by atoms with Gasteiger partial charge in [0.25, 0.3) is 0 Å². The summed E-state index contributed by atoms with van der Waals surface area (Å²) in [4.78, 5) is 39.5. The molecule has 0 heterocycles. The number of halogens is 1. The Bertz CT molecular complexity index is 1150. The molecule has 0 aliphatic heterocycles. The number of hydrogen-bond acceptors (Lipinski definition) is 6. The van der Waals surface area contributed by atoms with Gasteiger partial charge in [-0.25, -0.2) is 14.4 Å². The number of ether oxygens (including phenoxy) is 3. The molecule has 0 unspecified atom stereocenters. The topological polar surface area (TPSA) is 78.9 Å². The molecule has 10 heteroatoms. The fourth-order valence-corrected chi connectivity index (χ4v) is 10.0. The smallest absolute Gasteiger partial charge is 0.361 e. The number of esters is 3. The van der Waals surface area contributed by atoms with Crippen molar-refractivity contribution in [1.29, 1.82) is 0 Å². The van der Waals surface area contributed by atoms with Crippen molar-refractivity contribution in [2.45, 2.75) is 290 Å². The Kier molecular flexibility index (Phi) is 53.1. The Hall–Kier alpha value is -1.42. The molecule has 0 aliphatic carbocycles. The summed E-state index contributed by atoms with van der Waals surface area (Å²) < 4.78 is 18.8. The second-order valence-corrected chi connectivity index (χ2v) is 24.3. The molecule has 0 aromatic carbocycles. The quantitative estimate of drug-likeness (QED) is 0.0261. The number of rotatable bonds is 57. The molecule has 73 heavy (non-hydrogen) atoms. The zero-order valence-corrected chi connectivity index (χ0v) is 51.2. The molecule has 9 nitrogen and oxygen atoms in total. The summed E-state index contributed by atoms with van der Waals surface area (Å²) in [6, 6.07) is 0. The van der Waals surface area contributed by atoms with Gasteiger partial charge in [-0.1, -0.05) is 271 Å². The molecule has 0 atom stereocenters. The Morgan fingerprint density at radius 2 is 0.438 bits per heavy atom. The molecule has 0 N–H and O–H groups in total. The van der Waals surface area contributed by atoms with Crippen LogP contribution in [0.25, 0.3) is 0 Å². The zero-order valence-electron chi connectivity index (χ0n) is 50.4. The van der Waals surface area contributed by atoms with Gasteiger partial charge in [-0.2, -0.15) is 0 Å². The normalized spacial score (nSPS) is 12.0. The number of quaternary nitrogens is 3. The average molecular weight is 1060 g/mol. The zero-order chi connectivity index (χ0) is 53.1. The van der Waals surface area contributed by atoms with Crippen molar-refractivity contribution in [1.82, 2.24) is 0 Å². The standard InChI is InChI=1S/C63H128N3O6.ClH/c1-9-12-15-18-21-24-27-30-33-36-39-42-45-48-55-70-61(67)58-64(4,5)51-53-66(8,60-63(69)72-57-50-47-44-41-38-35-32-29-26-23-20-17-14-11-3)54-52-65(6,7)59-62(68)71-56-49-46-43-40-37-34-31-28-25-22-19-16-13-10-2;/h9-60H2,1-8H3;1H/q+3;/p-1. The fourth-order valence-electron chi connectivity index (χ4n) is 10.0. The summed E-state index contributed by atoms with van der Waals surface area (Å²) in [6.07, 6.45) is 54.7. The average Bonchev–Trinajstić information content (AvgIpc) is 3.33. The van der Waals surface area contributed by atoms with E-state index in [4.69, 9.17) is 14.2 Å². The Balaban J connectivity index is 0. The molecule has 0 amide bonds. The van der Waals surface area contributed by atoms with E-state index in [9.17, 15) is 14.4 Å². The molecule has 0 spiro atoms. The van der Waals surface area contributed by atoms with Crippen LogP contribution in [0.15, 0.2) is 0 Å². The van der Waals surface area contributed by atoms with Crippen molar-refractivity contribution in [2.24, 2.45) is 0 Å². The van der Waals surface area contributed by atoms with Crippen LogP contribution in [0.2, 0.25) is 0 Å². The SMILES string of the molecule is CCCCCCCCCCCCCCCCOC(=O)C[N+](C)(C)CC[N+](C)(CC[N+](C)(C)CC(=O)OCCCCCCCCCCCCCCCC)CC(=O)OCCCCCCCCCCCCCCCC.[Cl-]. The van der Waals surface area contributed by atoms with E-state index in [-0.39, 0.29) is 36.9 Å². The lowest BCUT2D eigenvalue weighted by molar-refractivity contribution is -0.970. The number of unbranched alkanes of at least 4 members (excludes halogenated alkanes) is 39. The van der Waals surface area contributed by atoms with E-state index in [0.29, 0.717) is 72.5 Å². The molecule has 0 fully saturated rings. The van der Waals surface area contributed by atoms with Gasteiger partial charge in [-0.15, -0.1) is 0 Å². The molecular formula is C63H128ClN3O6+2. The van der Waals surface area contributed by atoms with E-state index in [1.807, 2.05) is 0 Å². The van der Waals surface area contributed by atoms with E-state index in [2.05, 4.69) is 56.0 Å². The van der Waals surface area contributed by atoms with E-state index >= 15 is 0 Å². The van der Waals surface area contributed by atoms with Gasteiger partial charge in [-0.3, -0.25) is 0 Å². The van der Waals surface area contributed by atoms with Crippen molar-refractivity contribution in [3.8, 4) is 0 Å². The lowest BCUT2D eigenvalue weighted by Crippen LogP contribution is -3.00. The van der Waals surface area contributed by atoms with Gasteiger partial charge in [0, 0.05) is 0 Å². The molecule has 0 aliphatic rings. The monoisotopic (exact) mass is 1060 g/mol. The van der Waals surface area contributed by atoms with Crippen LogP contribution >= 0.6 is 0 Å². The van der Waals surface area contributed by atoms with Crippen molar-refractivity contribution < 1.29 is 54.5 Å². The molecule has 0 saturated carbocycles. The highest BCUT2D eigenvalue weighted by atomic mass is 35.5. The number of hydrogen-bond donors (Lipinski definition) is 0. The van der Waals surface area contributed by atoms with Crippen molar-refractivity contribution >= 4 is 17.9 Å². The minimum absolute atomic E-state index is 0. The summed E-state index contributed by atoms with van der Waals surface area (Å²) in [6.45, 7) is 12.0. The molecule has 0 aromatic heterocycles. The lowest BCUT2D eigenvalue weighted by atomic mass is 10.0. The maximum Gasteiger partial charge on any atom is 0.361 e. The molecular weight excluding hydrogens is 930 g/mol. The van der Waals surface area contributed by atoms with Crippen LogP contribution in [0, 0.1) is 0 Å². The fraction of sp³-hybridized carbons (Fsp3) is 0.952. The van der Waals surface area contributed by atoms with Gasteiger partial charge in [0.15, 0.2) is 19.6 Å². The second-order valence-electron chi connectivity index (χ2n) is 24.3. The minimum Gasteiger partial charge on any atom is -1.00 e. The summed E-state index contributed by atoms with van der Waals surface area (Å²) in [5.41, 5.74) is 0. The number of carbonyl (C=O) groups is 3. The van der Waals surface area contributed by atoms with Gasteiger partial charge in [0.1, 0.15) is 26.2 Å². The predicted octanol–water partition coefficient (Wildman–Crippen LogP) is 13.7. The first-order chi connectivity index (χ1) is 34.8. The Morgan fingerprint density at radius 3 is 0.644 bits per heavy atom.